The molecule has 1 aliphatic rings. The molecule has 1 unspecified atom stereocenters. The predicted molar refractivity (Wildman–Crippen MR) is 75.1 cm³/mol. The first-order chi connectivity index (χ1) is 8.24. The van der Waals surface area contributed by atoms with Crippen LogP contribution >= 0.6 is 23.2 Å². The van der Waals surface area contributed by atoms with Gasteiger partial charge in [-0.05, 0) is 55.5 Å². The molecule has 0 heterocycles. The van der Waals surface area contributed by atoms with Crippen LogP contribution in [-0.4, -0.2) is 6.54 Å². The molecular formula is C14H19Cl2N. The Kier molecular flexibility index (Phi) is 4.72. The van der Waals surface area contributed by atoms with Gasteiger partial charge in [-0.2, -0.15) is 0 Å². The van der Waals surface area contributed by atoms with E-state index in [1.165, 1.54) is 24.0 Å². The minimum atomic E-state index is 0.374. The van der Waals surface area contributed by atoms with Gasteiger partial charge in [-0.15, -0.1) is 0 Å². The molecule has 0 bridgehead atoms. The van der Waals surface area contributed by atoms with Gasteiger partial charge in [0.25, 0.3) is 0 Å². The van der Waals surface area contributed by atoms with Crippen LogP contribution in [0.15, 0.2) is 12.1 Å². The van der Waals surface area contributed by atoms with E-state index in [1.807, 2.05) is 12.1 Å². The van der Waals surface area contributed by atoms with E-state index >= 15 is 0 Å². The Hall–Kier alpha value is -0.240. The van der Waals surface area contributed by atoms with E-state index in [-0.39, 0.29) is 0 Å². The first kappa shape index (κ1) is 13.2. The average Bonchev–Trinajstić information content (AvgIpc) is 2.54. The highest BCUT2D eigenvalue weighted by atomic mass is 35.5. The normalized spacial score (nSPS) is 19.8. The van der Waals surface area contributed by atoms with Crippen LogP contribution < -0.4 is 5.32 Å². The minimum absolute atomic E-state index is 0.374. The van der Waals surface area contributed by atoms with Crippen LogP contribution in [0.4, 0.5) is 0 Å². The molecule has 0 aliphatic heterocycles. The standard InChI is InChI=1S/C14H19Cl2N/c1-2-9-17-13-6-4-3-5-10-11(15)7-8-12(16)14(10)13/h7-8,13,17H,2-6,9H2,1H3. The van der Waals surface area contributed by atoms with Gasteiger partial charge in [-0.25, -0.2) is 0 Å². The lowest BCUT2D eigenvalue weighted by molar-refractivity contribution is 0.490. The summed E-state index contributed by atoms with van der Waals surface area (Å²) in [7, 11) is 0. The minimum Gasteiger partial charge on any atom is -0.310 e. The van der Waals surface area contributed by atoms with Gasteiger partial charge in [0, 0.05) is 16.1 Å². The van der Waals surface area contributed by atoms with Gasteiger partial charge >= 0.3 is 0 Å². The van der Waals surface area contributed by atoms with E-state index in [0.29, 0.717) is 6.04 Å². The number of fused-ring (bicyclic) bond motifs is 1. The second kappa shape index (κ2) is 6.08. The predicted octanol–water partition coefficient (Wildman–Crippen LogP) is 4.76. The van der Waals surface area contributed by atoms with Crippen molar-refractivity contribution in [1.82, 2.24) is 5.32 Å². The van der Waals surface area contributed by atoms with E-state index in [4.69, 9.17) is 23.2 Å². The molecule has 1 nitrogen and oxygen atoms in total. The third-order valence-electron chi connectivity index (χ3n) is 3.41. The Balaban J connectivity index is 2.36. The third kappa shape index (κ3) is 2.96. The molecule has 0 amide bonds. The topological polar surface area (TPSA) is 12.0 Å². The zero-order valence-corrected chi connectivity index (χ0v) is 11.7. The highest BCUT2D eigenvalue weighted by molar-refractivity contribution is 6.34. The molecule has 1 aliphatic carbocycles. The van der Waals surface area contributed by atoms with Gasteiger partial charge in [0.1, 0.15) is 0 Å². The van der Waals surface area contributed by atoms with Crippen molar-refractivity contribution in [2.75, 3.05) is 6.54 Å². The van der Waals surface area contributed by atoms with E-state index in [0.717, 1.165) is 35.9 Å². The van der Waals surface area contributed by atoms with Crippen molar-refractivity contribution in [3.8, 4) is 0 Å². The van der Waals surface area contributed by atoms with Gasteiger partial charge < -0.3 is 5.32 Å². The highest BCUT2D eigenvalue weighted by Gasteiger charge is 2.22. The second-order valence-corrected chi connectivity index (χ2v) is 5.49. The fourth-order valence-electron chi connectivity index (χ4n) is 2.56. The zero-order chi connectivity index (χ0) is 12.3. The molecular weight excluding hydrogens is 253 g/mol. The monoisotopic (exact) mass is 271 g/mol. The fourth-order valence-corrected chi connectivity index (χ4v) is 3.13. The Bertz CT molecular complexity index is 390. The van der Waals surface area contributed by atoms with E-state index in [9.17, 15) is 0 Å². The number of hydrogen-bond donors (Lipinski definition) is 1. The van der Waals surface area contributed by atoms with Gasteiger partial charge in [0.05, 0.1) is 0 Å². The summed E-state index contributed by atoms with van der Waals surface area (Å²) in [5, 5.41) is 5.32. The van der Waals surface area contributed by atoms with Gasteiger partial charge in [-0.3, -0.25) is 0 Å². The largest absolute Gasteiger partial charge is 0.310 e. The Morgan fingerprint density at radius 2 is 2.00 bits per heavy atom. The summed E-state index contributed by atoms with van der Waals surface area (Å²) in [6, 6.07) is 4.22. The number of hydrogen-bond acceptors (Lipinski definition) is 1. The molecule has 17 heavy (non-hydrogen) atoms. The Morgan fingerprint density at radius 3 is 2.76 bits per heavy atom. The lowest BCUT2D eigenvalue weighted by Gasteiger charge is -2.21. The first-order valence-electron chi connectivity index (χ1n) is 6.44. The molecule has 1 aromatic carbocycles. The third-order valence-corrected chi connectivity index (χ3v) is 4.09. The summed E-state index contributed by atoms with van der Waals surface area (Å²) in [5.74, 6) is 0. The van der Waals surface area contributed by atoms with Crippen molar-refractivity contribution in [3.63, 3.8) is 0 Å². The molecule has 1 atom stereocenters. The van der Waals surface area contributed by atoms with Gasteiger partial charge in [0.15, 0.2) is 0 Å². The summed E-state index contributed by atoms with van der Waals surface area (Å²) < 4.78 is 0. The second-order valence-electron chi connectivity index (χ2n) is 4.67. The fraction of sp³-hybridized carbons (Fsp3) is 0.571. The number of nitrogens with one attached hydrogen (secondary N) is 1. The Labute approximate surface area is 114 Å². The maximum atomic E-state index is 6.36. The van der Waals surface area contributed by atoms with E-state index in [1.54, 1.807) is 0 Å². The smallest absolute Gasteiger partial charge is 0.0457 e. The van der Waals surface area contributed by atoms with E-state index < -0.39 is 0 Å². The van der Waals surface area contributed by atoms with Crippen molar-refractivity contribution in [2.24, 2.45) is 0 Å². The highest BCUT2D eigenvalue weighted by Crippen LogP contribution is 2.37. The molecule has 0 saturated carbocycles. The summed E-state index contributed by atoms with van der Waals surface area (Å²) in [5.41, 5.74) is 2.50. The van der Waals surface area contributed by atoms with Crippen LogP contribution in [0.2, 0.25) is 10.0 Å². The van der Waals surface area contributed by atoms with Crippen molar-refractivity contribution >= 4 is 23.2 Å². The molecule has 0 saturated heterocycles. The molecule has 0 fully saturated rings. The van der Waals surface area contributed by atoms with Crippen molar-refractivity contribution in [3.05, 3.63) is 33.3 Å². The summed E-state index contributed by atoms with van der Waals surface area (Å²) >= 11 is 12.7. The van der Waals surface area contributed by atoms with Crippen LogP contribution in [0.25, 0.3) is 0 Å². The molecule has 1 N–H and O–H groups in total. The lowest BCUT2D eigenvalue weighted by atomic mass is 9.98. The quantitative estimate of drug-likeness (QED) is 0.782. The lowest BCUT2D eigenvalue weighted by Crippen LogP contribution is -2.22. The molecule has 2 rings (SSSR count). The number of halogens is 2. The number of rotatable bonds is 3. The molecule has 0 aromatic heterocycles. The van der Waals surface area contributed by atoms with E-state index in [2.05, 4.69) is 12.2 Å². The molecule has 0 radical (unpaired) electrons. The molecule has 1 aromatic rings. The summed E-state index contributed by atoms with van der Waals surface area (Å²) in [4.78, 5) is 0. The zero-order valence-electron chi connectivity index (χ0n) is 10.2. The molecule has 0 spiro atoms. The van der Waals surface area contributed by atoms with Gasteiger partial charge in [-0.1, -0.05) is 36.5 Å². The van der Waals surface area contributed by atoms with Crippen LogP contribution in [0.1, 0.15) is 49.8 Å². The number of benzene rings is 1. The SMILES string of the molecule is CCCNC1CCCCc2c(Cl)ccc(Cl)c21. The van der Waals surface area contributed by atoms with Gasteiger partial charge in [0.2, 0.25) is 0 Å². The maximum Gasteiger partial charge on any atom is 0.0457 e. The van der Waals surface area contributed by atoms with Crippen LogP contribution in [0.3, 0.4) is 0 Å². The molecule has 3 heteroatoms. The average molecular weight is 272 g/mol. The van der Waals surface area contributed by atoms with Crippen molar-refractivity contribution < 1.29 is 0 Å². The van der Waals surface area contributed by atoms with Crippen LogP contribution in [-0.2, 0) is 6.42 Å². The molecule has 94 valence electrons. The first-order valence-corrected chi connectivity index (χ1v) is 7.19. The van der Waals surface area contributed by atoms with Crippen LogP contribution in [0, 0.1) is 0 Å². The summed E-state index contributed by atoms with van der Waals surface area (Å²) in [6.45, 7) is 3.22. The summed E-state index contributed by atoms with van der Waals surface area (Å²) in [6.07, 6.45) is 5.80. The van der Waals surface area contributed by atoms with Crippen molar-refractivity contribution in [2.45, 2.75) is 45.1 Å². The van der Waals surface area contributed by atoms with Crippen molar-refractivity contribution in [1.29, 1.82) is 0 Å². The van der Waals surface area contributed by atoms with Crippen LogP contribution in [0.5, 0.6) is 0 Å². The maximum absolute atomic E-state index is 6.36. The Morgan fingerprint density at radius 1 is 1.24 bits per heavy atom.